The van der Waals surface area contributed by atoms with E-state index in [-0.39, 0.29) is 11.3 Å². The SMILES string of the molecule is CNC(=O)C(C)n1c(C(C)Cl)nc2c(OC)cccc21. The number of benzene rings is 1. The van der Waals surface area contributed by atoms with Gasteiger partial charge in [0, 0.05) is 7.05 Å². The van der Waals surface area contributed by atoms with Crippen LogP contribution in [-0.4, -0.2) is 29.6 Å². The van der Waals surface area contributed by atoms with Gasteiger partial charge in [-0.3, -0.25) is 4.79 Å². The molecule has 2 atom stereocenters. The zero-order chi connectivity index (χ0) is 14.9. The number of aromatic nitrogens is 2. The first-order valence-corrected chi connectivity index (χ1v) is 6.85. The number of nitrogens with zero attached hydrogens (tertiary/aromatic N) is 2. The van der Waals surface area contributed by atoms with Gasteiger partial charge in [0.2, 0.25) is 5.91 Å². The molecule has 1 aromatic heterocycles. The third kappa shape index (κ3) is 2.33. The van der Waals surface area contributed by atoms with Crippen molar-refractivity contribution in [2.75, 3.05) is 14.2 Å². The summed E-state index contributed by atoms with van der Waals surface area (Å²) in [5.74, 6) is 1.23. The van der Waals surface area contributed by atoms with Crippen LogP contribution in [0.25, 0.3) is 11.0 Å². The van der Waals surface area contributed by atoms with E-state index in [0.29, 0.717) is 17.1 Å². The van der Waals surface area contributed by atoms with Crippen LogP contribution in [0.5, 0.6) is 5.75 Å². The molecular weight excluding hydrogens is 278 g/mol. The van der Waals surface area contributed by atoms with Crippen molar-refractivity contribution in [1.82, 2.24) is 14.9 Å². The number of rotatable bonds is 4. The quantitative estimate of drug-likeness (QED) is 0.882. The maximum atomic E-state index is 11.9. The standard InChI is InChI=1S/C14H18ClN3O2/c1-8(15)13-17-12-10(6-5-7-11(12)20-4)18(13)9(2)14(19)16-3/h5-9H,1-4H3,(H,16,19). The second-order valence-corrected chi connectivity index (χ2v) is 5.23. The van der Waals surface area contributed by atoms with Crippen molar-refractivity contribution in [2.45, 2.75) is 25.3 Å². The number of hydrogen-bond acceptors (Lipinski definition) is 3. The molecule has 2 unspecified atom stereocenters. The highest BCUT2D eigenvalue weighted by Gasteiger charge is 2.24. The second-order valence-electron chi connectivity index (χ2n) is 4.57. The number of methoxy groups -OCH3 is 1. The Morgan fingerprint density at radius 2 is 2.15 bits per heavy atom. The normalized spacial score (nSPS) is 14.1. The van der Waals surface area contributed by atoms with Crippen molar-refractivity contribution >= 4 is 28.5 Å². The molecule has 20 heavy (non-hydrogen) atoms. The predicted molar refractivity (Wildman–Crippen MR) is 79.3 cm³/mol. The van der Waals surface area contributed by atoms with Crippen LogP contribution < -0.4 is 10.1 Å². The van der Waals surface area contributed by atoms with E-state index in [1.54, 1.807) is 14.2 Å². The number of likely N-dealkylation sites (N-methyl/N-ethyl adjacent to an activating group) is 1. The zero-order valence-electron chi connectivity index (χ0n) is 12.0. The number of amides is 1. The summed E-state index contributed by atoms with van der Waals surface area (Å²) >= 11 is 6.21. The average molecular weight is 296 g/mol. The third-order valence-corrected chi connectivity index (χ3v) is 3.49. The van der Waals surface area contributed by atoms with Gasteiger partial charge in [0.1, 0.15) is 23.1 Å². The number of para-hydroxylation sites is 1. The Morgan fingerprint density at radius 3 is 2.70 bits per heavy atom. The molecule has 0 saturated heterocycles. The summed E-state index contributed by atoms with van der Waals surface area (Å²) in [6, 6.07) is 5.23. The maximum absolute atomic E-state index is 11.9. The highest BCUT2D eigenvalue weighted by molar-refractivity contribution is 6.20. The molecule has 6 heteroatoms. The number of alkyl halides is 1. The van der Waals surface area contributed by atoms with E-state index in [2.05, 4.69) is 10.3 Å². The number of ether oxygens (including phenoxy) is 1. The molecule has 1 heterocycles. The molecule has 0 radical (unpaired) electrons. The number of nitrogens with one attached hydrogen (secondary N) is 1. The molecule has 108 valence electrons. The number of imidazole rings is 1. The van der Waals surface area contributed by atoms with Crippen molar-refractivity contribution in [2.24, 2.45) is 0 Å². The van der Waals surface area contributed by atoms with Gasteiger partial charge < -0.3 is 14.6 Å². The molecule has 0 saturated carbocycles. The number of carbonyl (C=O) groups excluding carboxylic acids is 1. The Bertz CT molecular complexity index is 637. The van der Waals surface area contributed by atoms with E-state index < -0.39 is 6.04 Å². The summed E-state index contributed by atoms with van der Waals surface area (Å²) in [5.41, 5.74) is 1.55. The van der Waals surface area contributed by atoms with Crippen molar-refractivity contribution in [3.8, 4) is 5.75 Å². The van der Waals surface area contributed by atoms with Crippen LogP contribution in [0.2, 0.25) is 0 Å². The van der Waals surface area contributed by atoms with Crippen molar-refractivity contribution in [3.05, 3.63) is 24.0 Å². The topological polar surface area (TPSA) is 56.2 Å². The lowest BCUT2D eigenvalue weighted by atomic mass is 10.2. The monoisotopic (exact) mass is 295 g/mol. The lowest BCUT2D eigenvalue weighted by Gasteiger charge is -2.17. The highest BCUT2D eigenvalue weighted by atomic mass is 35.5. The summed E-state index contributed by atoms with van der Waals surface area (Å²) in [7, 11) is 3.21. The number of hydrogen-bond donors (Lipinski definition) is 1. The molecule has 1 amide bonds. The molecule has 0 aliphatic heterocycles. The van der Waals surface area contributed by atoms with E-state index in [9.17, 15) is 4.79 Å². The Morgan fingerprint density at radius 1 is 1.45 bits per heavy atom. The molecule has 0 fully saturated rings. The van der Waals surface area contributed by atoms with Gasteiger partial charge in [0.15, 0.2) is 0 Å². The zero-order valence-corrected chi connectivity index (χ0v) is 12.7. The van der Waals surface area contributed by atoms with Crippen molar-refractivity contribution in [1.29, 1.82) is 0 Å². The Kier molecular flexibility index (Phi) is 4.18. The minimum absolute atomic E-state index is 0.0920. The van der Waals surface area contributed by atoms with Crippen LogP contribution in [-0.2, 0) is 4.79 Å². The molecule has 0 aliphatic carbocycles. The lowest BCUT2D eigenvalue weighted by Crippen LogP contribution is -2.28. The Balaban J connectivity index is 2.73. The molecule has 0 bridgehead atoms. The molecular formula is C14H18ClN3O2. The third-order valence-electron chi connectivity index (χ3n) is 3.30. The van der Waals surface area contributed by atoms with E-state index in [0.717, 1.165) is 5.52 Å². The van der Waals surface area contributed by atoms with Crippen LogP contribution in [0.1, 0.15) is 31.1 Å². The van der Waals surface area contributed by atoms with Gasteiger partial charge in [-0.25, -0.2) is 4.98 Å². The first-order chi connectivity index (χ1) is 9.51. The first kappa shape index (κ1) is 14.7. The minimum Gasteiger partial charge on any atom is -0.494 e. The second kappa shape index (κ2) is 5.71. The number of carbonyl (C=O) groups is 1. The van der Waals surface area contributed by atoms with Crippen molar-refractivity contribution in [3.63, 3.8) is 0 Å². The maximum Gasteiger partial charge on any atom is 0.242 e. The lowest BCUT2D eigenvalue weighted by molar-refractivity contribution is -0.123. The van der Waals surface area contributed by atoms with Gasteiger partial charge in [-0.1, -0.05) is 6.07 Å². The van der Waals surface area contributed by atoms with Crippen LogP contribution in [0.4, 0.5) is 0 Å². The van der Waals surface area contributed by atoms with Gasteiger partial charge in [0.25, 0.3) is 0 Å². The summed E-state index contributed by atoms with van der Waals surface area (Å²) in [6.45, 7) is 3.66. The van der Waals surface area contributed by atoms with Crippen molar-refractivity contribution < 1.29 is 9.53 Å². The predicted octanol–water partition coefficient (Wildman–Crippen LogP) is 2.65. The Hall–Kier alpha value is -1.75. The highest BCUT2D eigenvalue weighted by Crippen LogP contribution is 2.32. The molecule has 1 N–H and O–H groups in total. The van der Waals surface area contributed by atoms with Gasteiger partial charge in [-0.2, -0.15) is 0 Å². The van der Waals surface area contributed by atoms with Crippen LogP contribution in [0, 0.1) is 0 Å². The van der Waals surface area contributed by atoms with Crippen LogP contribution >= 0.6 is 11.6 Å². The fraction of sp³-hybridized carbons (Fsp3) is 0.429. The molecule has 0 aliphatic rings. The smallest absolute Gasteiger partial charge is 0.242 e. The van der Waals surface area contributed by atoms with Gasteiger partial charge in [0.05, 0.1) is 18.0 Å². The Labute approximate surface area is 122 Å². The summed E-state index contributed by atoms with van der Waals surface area (Å²) in [4.78, 5) is 16.5. The minimum atomic E-state index is -0.395. The van der Waals surface area contributed by atoms with Crippen LogP contribution in [0.15, 0.2) is 18.2 Å². The fourth-order valence-electron chi connectivity index (χ4n) is 2.29. The number of fused-ring (bicyclic) bond motifs is 1. The van der Waals surface area contributed by atoms with Gasteiger partial charge >= 0.3 is 0 Å². The molecule has 1 aromatic carbocycles. The van der Waals surface area contributed by atoms with E-state index in [4.69, 9.17) is 16.3 Å². The molecule has 2 aromatic rings. The molecule has 2 rings (SSSR count). The molecule has 0 spiro atoms. The summed E-state index contributed by atoms with van der Waals surface area (Å²) < 4.78 is 7.18. The van der Waals surface area contributed by atoms with E-state index in [1.807, 2.05) is 36.6 Å². The number of halogens is 1. The molecule has 5 nitrogen and oxygen atoms in total. The van der Waals surface area contributed by atoms with E-state index in [1.165, 1.54) is 0 Å². The van der Waals surface area contributed by atoms with E-state index >= 15 is 0 Å². The van der Waals surface area contributed by atoms with Gasteiger partial charge in [-0.05, 0) is 26.0 Å². The van der Waals surface area contributed by atoms with Crippen LogP contribution in [0.3, 0.4) is 0 Å². The largest absolute Gasteiger partial charge is 0.494 e. The van der Waals surface area contributed by atoms with Gasteiger partial charge in [-0.15, -0.1) is 11.6 Å². The fourth-order valence-corrected chi connectivity index (χ4v) is 2.44. The average Bonchev–Trinajstić information content (AvgIpc) is 2.84. The summed E-state index contributed by atoms with van der Waals surface area (Å²) in [6.07, 6.45) is 0. The first-order valence-electron chi connectivity index (χ1n) is 6.41. The summed E-state index contributed by atoms with van der Waals surface area (Å²) in [5, 5.41) is 2.34.